The molecule has 1 saturated heterocycles. The van der Waals surface area contributed by atoms with Crippen molar-refractivity contribution >= 4 is 62.7 Å². The molecule has 2 heterocycles. The van der Waals surface area contributed by atoms with Gasteiger partial charge in [-0.25, -0.2) is 0 Å². The van der Waals surface area contributed by atoms with Gasteiger partial charge in [0.1, 0.15) is 15.1 Å². The van der Waals surface area contributed by atoms with Gasteiger partial charge in [0.25, 0.3) is 5.91 Å². The number of aromatic nitrogens is 2. The molecular weight excluding hydrogens is 452 g/mol. The van der Waals surface area contributed by atoms with Crippen molar-refractivity contribution in [2.24, 2.45) is 5.92 Å². The largest absolute Gasteiger partial charge is 0.497 e. The molecule has 3 rings (SSSR count). The number of carbonyl (C=O) groups excluding carboxylic acids is 2. The standard InChI is InChI=1S/C21H24N4O3S3/c1-13(2)10-18-23-24-20(31-18)22-17(26)8-5-9-25-19(27)16(30-21(25)29)12-14-6-4-7-15(11-14)28-3/h4,6-7,11-13H,5,8-10H2,1-3H3,(H,22,24,26)/b16-12-. The summed E-state index contributed by atoms with van der Waals surface area (Å²) in [6.07, 6.45) is 3.41. The normalized spacial score (nSPS) is 15.2. The number of carbonyl (C=O) groups is 2. The summed E-state index contributed by atoms with van der Waals surface area (Å²) < 4.78 is 5.72. The average molecular weight is 477 g/mol. The number of amides is 2. The molecule has 0 spiro atoms. The molecule has 1 aromatic heterocycles. The summed E-state index contributed by atoms with van der Waals surface area (Å²) in [7, 11) is 1.60. The number of rotatable bonds is 9. The molecule has 1 aliphatic heterocycles. The van der Waals surface area contributed by atoms with Crippen LogP contribution >= 0.6 is 35.3 Å². The average Bonchev–Trinajstić information content (AvgIpc) is 3.26. The summed E-state index contributed by atoms with van der Waals surface area (Å²) in [4.78, 5) is 27.1. The first-order chi connectivity index (χ1) is 14.9. The minimum atomic E-state index is -0.149. The number of nitrogens with one attached hydrogen (secondary N) is 1. The molecule has 0 atom stereocenters. The van der Waals surface area contributed by atoms with E-state index in [1.165, 1.54) is 23.1 Å². The van der Waals surface area contributed by atoms with Crippen LogP contribution in [-0.4, -0.2) is 44.9 Å². The molecular formula is C21H24N4O3S3. The SMILES string of the molecule is COc1cccc(/C=C2\SC(=S)N(CCCC(=O)Nc3nnc(CC(C)C)s3)C2=O)c1. The number of benzene rings is 1. The molecule has 1 fully saturated rings. The van der Waals surface area contributed by atoms with Crippen LogP contribution in [0.15, 0.2) is 29.2 Å². The maximum atomic E-state index is 12.7. The van der Waals surface area contributed by atoms with E-state index in [2.05, 4.69) is 29.4 Å². The van der Waals surface area contributed by atoms with Gasteiger partial charge in [0.05, 0.1) is 12.0 Å². The number of methoxy groups -OCH3 is 1. The summed E-state index contributed by atoms with van der Waals surface area (Å²) in [5.41, 5.74) is 0.869. The number of hydrogen-bond donors (Lipinski definition) is 1. The Morgan fingerprint density at radius 3 is 2.90 bits per heavy atom. The van der Waals surface area contributed by atoms with Crippen molar-refractivity contribution in [2.45, 2.75) is 33.1 Å². The Morgan fingerprint density at radius 2 is 2.16 bits per heavy atom. The molecule has 164 valence electrons. The Hall–Kier alpha value is -2.30. The van der Waals surface area contributed by atoms with Crippen molar-refractivity contribution in [3.8, 4) is 5.75 Å². The third-order valence-corrected chi connectivity index (χ3v) is 6.59. The molecule has 1 N–H and O–H groups in total. The fourth-order valence-corrected chi connectivity index (χ4v) is 5.17. The van der Waals surface area contributed by atoms with E-state index >= 15 is 0 Å². The smallest absolute Gasteiger partial charge is 0.266 e. The lowest BCUT2D eigenvalue weighted by Crippen LogP contribution is -2.29. The predicted molar refractivity (Wildman–Crippen MR) is 129 cm³/mol. The van der Waals surface area contributed by atoms with Crippen molar-refractivity contribution < 1.29 is 14.3 Å². The van der Waals surface area contributed by atoms with Crippen LogP contribution in [0, 0.1) is 5.92 Å². The Kier molecular flexibility index (Phi) is 8.16. The van der Waals surface area contributed by atoms with E-state index in [1.54, 1.807) is 18.1 Å². The third-order valence-electron chi connectivity index (χ3n) is 4.35. The van der Waals surface area contributed by atoms with Crippen LogP contribution in [0.1, 0.15) is 37.3 Å². The van der Waals surface area contributed by atoms with Gasteiger partial charge in [-0.15, -0.1) is 10.2 Å². The minimum absolute atomic E-state index is 0.138. The molecule has 7 nitrogen and oxygen atoms in total. The second-order valence-corrected chi connectivity index (χ2v) is 10.1. The lowest BCUT2D eigenvalue weighted by atomic mass is 10.1. The number of thiocarbonyl (C=S) groups is 1. The summed E-state index contributed by atoms with van der Waals surface area (Å²) >= 11 is 8.03. The van der Waals surface area contributed by atoms with Crippen LogP contribution in [0.2, 0.25) is 0 Å². The Morgan fingerprint density at radius 1 is 1.35 bits per heavy atom. The van der Waals surface area contributed by atoms with Gasteiger partial charge in [-0.1, -0.05) is 61.3 Å². The zero-order chi connectivity index (χ0) is 22.4. The van der Waals surface area contributed by atoms with Crippen LogP contribution < -0.4 is 10.1 Å². The second kappa shape index (κ2) is 10.8. The maximum absolute atomic E-state index is 12.7. The molecule has 2 aromatic rings. The monoisotopic (exact) mass is 476 g/mol. The fraction of sp³-hybridized carbons (Fsp3) is 0.381. The highest BCUT2D eigenvalue weighted by atomic mass is 32.2. The summed E-state index contributed by atoms with van der Waals surface area (Å²) in [5.74, 6) is 0.923. The third kappa shape index (κ3) is 6.59. The van der Waals surface area contributed by atoms with Gasteiger partial charge in [0.2, 0.25) is 11.0 Å². The van der Waals surface area contributed by atoms with Crippen molar-refractivity contribution in [3.63, 3.8) is 0 Å². The van der Waals surface area contributed by atoms with Gasteiger partial charge in [-0.3, -0.25) is 14.5 Å². The molecule has 0 saturated carbocycles. The Bertz CT molecular complexity index is 1000. The minimum Gasteiger partial charge on any atom is -0.497 e. The number of nitrogens with zero attached hydrogens (tertiary/aromatic N) is 3. The highest BCUT2D eigenvalue weighted by Gasteiger charge is 2.31. The second-order valence-electron chi connectivity index (χ2n) is 7.36. The van der Waals surface area contributed by atoms with E-state index in [1.807, 2.05) is 24.3 Å². The lowest BCUT2D eigenvalue weighted by Gasteiger charge is -2.13. The number of ether oxygens (including phenoxy) is 1. The number of anilines is 1. The molecule has 0 radical (unpaired) electrons. The van der Waals surface area contributed by atoms with Crippen LogP contribution in [0.5, 0.6) is 5.75 Å². The quantitative estimate of drug-likeness (QED) is 0.425. The maximum Gasteiger partial charge on any atom is 0.266 e. The van der Waals surface area contributed by atoms with Gasteiger partial charge in [-0.2, -0.15) is 0 Å². The number of thioether (sulfide) groups is 1. The Labute approximate surface area is 195 Å². The summed E-state index contributed by atoms with van der Waals surface area (Å²) in [6, 6.07) is 7.48. The highest BCUT2D eigenvalue weighted by molar-refractivity contribution is 8.26. The van der Waals surface area contributed by atoms with Crippen molar-refractivity contribution in [2.75, 3.05) is 19.0 Å². The number of hydrogen-bond acceptors (Lipinski definition) is 8. The Balaban J connectivity index is 1.50. The molecule has 0 bridgehead atoms. The summed E-state index contributed by atoms with van der Waals surface area (Å²) in [5, 5.41) is 12.3. The zero-order valence-corrected chi connectivity index (χ0v) is 20.0. The van der Waals surface area contributed by atoms with Crippen LogP contribution in [0.4, 0.5) is 5.13 Å². The molecule has 0 unspecified atom stereocenters. The zero-order valence-electron chi connectivity index (χ0n) is 17.6. The first-order valence-corrected chi connectivity index (χ1v) is 11.9. The predicted octanol–water partition coefficient (Wildman–Crippen LogP) is 4.37. The molecule has 0 aliphatic carbocycles. The van der Waals surface area contributed by atoms with Crippen molar-refractivity contribution in [1.29, 1.82) is 0 Å². The van der Waals surface area contributed by atoms with Crippen molar-refractivity contribution in [1.82, 2.24) is 15.1 Å². The van der Waals surface area contributed by atoms with Crippen LogP contribution in [0.25, 0.3) is 6.08 Å². The molecule has 10 heteroatoms. The molecule has 31 heavy (non-hydrogen) atoms. The topological polar surface area (TPSA) is 84.4 Å². The van der Waals surface area contributed by atoms with Gasteiger partial charge in [-0.05, 0) is 36.1 Å². The lowest BCUT2D eigenvalue weighted by molar-refractivity contribution is -0.122. The molecule has 2 amide bonds. The first-order valence-electron chi connectivity index (χ1n) is 9.87. The van der Waals surface area contributed by atoms with E-state index in [9.17, 15) is 9.59 Å². The summed E-state index contributed by atoms with van der Waals surface area (Å²) in [6.45, 7) is 4.61. The van der Waals surface area contributed by atoms with Gasteiger partial charge >= 0.3 is 0 Å². The van der Waals surface area contributed by atoms with E-state index in [0.717, 1.165) is 22.7 Å². The van der Waals surface area contributed by atoms with Gasteiger partial charge < -0.3 is 10.1 Å². The van der Waals surface area contributed by atoms with E-state index < -0.39 is 0 Å². The van der Waals surface area contributed by atoms with Crippen LogP contribution in [-0.2, 0) is 16.0 Å². The van der Waals surface area contributed by atoms with Gasteiger partial charge in [0, 0.05) is 19.4 Å². The fourth-order valence-electron chi connectivity index (χ4n) is 2.89. The first kappa shape index (κ1) is 23.4. The van der Waals surface area contributed by atoms with E-state index in [-0.39, 0.29) is 18.2 Å². The van der Waals surface area contributed by atoms with E-state index in [4.69, 9.17) is 17.0 Å². The molecule has 1 aliphatic rings. The van der Waals surface area contributed by atoms with E-state index in [0.29, 0.717) is 33.2 Å². The van der Waals surface area contributed by atoms with Crippen molar-refractivity contribution in [3.05, 3.63) is 39.7 Å². The van der Waals surface area contributed by atoms with Crippen LogP contribution in [0.3, 0.4) is 0 Å². The van der Waals surface area contributed by atoms with Gasteiger partial charge in [0.15, 0.2) is 0 Å². The highest BCUT2D eigenvalue weighted by Crippen LogP contribution is 2.33. The molecule has 1 aromatic carbocycles.